The van der Waals surface area contributed by atoms with E-state index in [1.54, 1.807) is 12.1 Å². The molecule has 1 aliphatic heterocycles. The second kappa shape index (κ2) is 7.93. The van der Waals surface area contributed by atoms with Crippen LogP contribution in [0.15, 0.2) is 47.4 Å². The van der Waals surface area contributed by atoms with Gasteiger partial charge in [-0.2, -0.15) is 13.2 Å². The largest absolute Gasteiger partial charge is 0.411 e. The molecular formula is C18H15F3N2O5S. The standard InChI is InChI=1S/C18H15F3N2O5S/c19-18(20,21)10-28-9-12-3-1-11(2-4-12)8-22-29(26,27)13-5-6-14-15(7-13)17(25)23-16(14)24/h1-7,22H,8-10H2,(H,23,24,25). The first-order chi connectivity index (χ1) is 13.5. The molecule has 2 aromatic carbocycles. The van der Waals surface area contributed by atoms with Gasteiger partial charge < -0.3 is 4.74 Å². The number of carbonyl (C=O) groups excluding carboxylic acids is 2. The fraction of sp³-hybridized carbons (Fsp3) is 0.222. The lowest BCUT2D eigenvalue weighted by Gasteiger charge is -2.09. The molecule has 0 fully saturated rings. The summed E-state index contributed by atoms with van der Waals surface area (Å²) in [6.07, 6.45) is -4.40. The van der Waals surface area contributed by atoms with Crippen molar-refractivity contribution in [2.24, 2.45) is 0 Å². The lowest BCUT2D eigenvalue weighted by Crippen LogP contribution is -2.23. The van der Waals surface area contributed by atoms with E-state index in [9.17, 15) is 31.2 Å². The van der Waals surface area contributed by atoms with Crippen LogP contribution in [-0.2, 0) is 27.9 Å². The van der Waals surface area contributed by atoms with Crippen LogP contribution < -0.4 is 10.0 Å². The van der Waals surface area contributed by atoms with Crippen LogP contribution in [0, 0.1) is 0 Å². The molecule has 0 bridgehead atoms. The number of imide groups is 1. The number of alkyl halides is 3. The molecule has 0 saturated carbocycles. The van der Waals surface area contributed by atoms with Crippen molar-refractivity contribution >= 4 is 21.8 Å². The Morgan fingerprint density at radius 2 is 1.55 bits per heavy atom. The van der Waals surface area contributed by atoms with Gasteiger partial charge in [-0.25, -0.2) is 13.1 Å². The summed E-state index contributed by atoms with van der Waals surface area (Å²) in [5.41, 5.74) is 1.18. The summed E-state index contributed by atoms with van der Waals surface area (Å²) in [4.78, 5) is 23.0. The van der Waals surface area contributed by atoms with Crippen LogP contribution in [0.25, 0.3) is 0 Å². The number of carbonyl (C=O) groups is 2. The van der Waals surface area contributed by atoms with Gasteiger partial charge in [0.05, 0.1) is 22.6 Å². The number of rotatable bonds is 7. The molecule has 29 heavy (non-hydrogen) atoms. The van der Waals surface area contributed by atoms with Crippen molar-refractivity contribution in [1.29, 1.82) is 0 Å². The van der Waals surface area contributed by atoms with Gasteiger partial charge in [0.2, 0.25) is 10.0 Å². The molecule has 11 heteroatoms. The van der Waals surface area contributed by atoms with Crippen LogP contribution in [0.3, 0.4) is 0 Å². The molecular weight excluding hydrogens is 413 g/mol. The van der Waals surface area contributed by atoms with Gasteiger partial charge in [0.15, 0.2) is 0 Å². The quantitative estimate of drug-likeness (QED) is 0.658. The molecule has 2 aromatic rings. The van der Waals surface area contributed by atoms with Crippen LogP contribution >= 0.6 is 0 Å². The Kier molecular flexibility index (Phi) is 5.73. The molecule has 0 saturated heterocycles. The number of amides is 2. The van der Waals surface area contributed by atoms with Crippen molar-refractivity contribution in [3.63, 3.8) is 0 Å². The lowest BCUT2D eigenvalue weighted by atomic mass is 10.1. The van der Waals surface area contributed by atoms with Crippen LogP contribution in [0.5, 0.6) is 0 Å². The van der Waals surface area contributed by atoms with Crippen molar-refractivity contribution in [3.8, 4) is 0 Å². The summed E-state index contributed by atoms with van der Waals surface area (Å²) in [5, 5.41) is 2.08. The van der Waals surface area contributed by atoms with E-state index in [2.05, 4.69) is 14.8 Å². The summed E-state index contributed by atoms with van der Waals surface area (Å²) in [5.74, 6) is -1.24. The second-order valence-electron chi connectivity index (χ2n) is 6.24. The third kappa shape index (κ3) is 5.19. The Morgan fingerprint density at radius 1 is 0.931 bits per heavy atom. The van der Waals surface area contributed by atoms with Crippen LogP contribution in [0.1, 0.15) is 31.8 Å². The summed E-state index contributed by atoms with van der Waals surface area (Å²) in [7, 11) is -3.95. The summed E-state index contributed by atoms with van der Waals surface area (Å²) in [6.45, 7) is -1.64. The normalized spacial score (nSPS) is 14.0. The number of fused-ring (bicyclic) bond motifs is 1. The van der Waals surface area contributed by atoms with Crippen molar-refractivity contribution in [3.05, 3.63) is 64.7 Å². The first-order valence-electron chi connectivity index (χ1n) is 8.27. The van der Waals surface area contributed by atoms with Crippen LogP contribution in [0.2, 0.25) is 0 Å². The summed E-state index contributed by atoms with van der Waals surface area (Å²) < 4.78 is 68.0. The molecule has 1 aliphatic rings. The van der Waals surface area contributed by atoms with Gasteiger partial charge >= 0.3 is 6.18 Å². The van der Waals surface area contributed by atoms with Crippen LogP contribution in [-0.4, -0.2) is 33.0 Å². The maximum atomic E-state index is 12.4. The molecule has 154 valence electrons. The van der Waals surface area contributed by atoms with E-state index in [0.717, 1.165) is 6.07 Å². The summed E-state index contributed by atoms with van der Waals surface area (Å²) in [6, 6.07) is 9.79. The van der Waals surface area contributed by atoms with Gasteiger partial charge in [0.25, 0.3) is 11.8 Å². The Hall–Kier alpha value is -2.76. The van der Waals surface area contributed by atoms with Crippen molar-refractivity contribution in [2.75, 3.05) is 6.61 Å². The van der Waals surface area contributed by atoms with Gasteiger partial charge in [-0.3, -0.25) is 14.9 Å². The summed E-state index contributed by atoms with van der Waals surface area (Å²) >= 11 is 0. The van der Waals surface area contributed by atoms with Crippen molar-refractivity contribution in [2.45, 2.75) is 24.2 Å². The molecule has 0 atom stereocenters. The Balaban J connectivity index is 1.61. The molecule has 0 spiro atoms. The molecule has 1 heterocycles. The smallest absolute Gasteiger partial charge is 0.367 e. The second-order valence-corrected chi connectivity index (χ2v) is 8.01. The first-order valence-corrected chi connectivity index (χ1v) is 9.75. The van der Waals surface area contributed by atoms with Crippen molar-refractivity contribution < 1.29 is 35.9 Å². The number of nitrogens with one attached hydrogen (secondary N) is 2. The average Bonchev–Trinajstić information content (AvgIpc) is 2.94. The highest BCUT2D eigenvalue weighted by Crippen LogP contribution is 2.20. The number of ether oxygens (including phenoxy) is 1. The number of halogens is 3. The Morgan fingerprint density at radius 3 is 2.21 bits per heavy atom. The molecule has 2 amide bonds. The number of benzene rings is 2. The lowest BCUT2D eigenvalue weighted by molar-refractivity contribution is -0.176. The zero-order valence-electron chi connectivity index (χ0n) is 14.7. The highest BCUT2D eigenvalue weighted by Gasteiger charge is 2.29. The van der Waals surface area contributed by atoms with Gasteiger partial charge in [0.1, 0.15) is 6.61 Å². The third-order valence-electron chi connectivity index (χ3n) is 4.04. The first kappa shape index (κ1) is 21.0. The monoisotopic (exact) mass is 428 g/mol. The Labute approximate surface area is 163 Å². The minimum atomic E-state index is -4.40. The van der Waals surface area contributed by atoms with Crippen molar-refractivity contribution in [1.82, 2.24) is 10.0 Å². The number of hydrogen-bond acceptors (Lipinski definition) is 5. The predicted octanol–water partition coefficient (Wildman–Crippen LogP) is 2.13. The van der Waals surface area contributed by atoms with E-state index in [4.69, 9.17) is 0 Å². The van der Waals surface area contributed by atoms with E-state index in [1.165, 1.54) is 24.3 Å². The molecule has 0 aliphatic carbocycles. The fourth-order valence-electron chi connectivity index (χ4n) is 2.61. The van der Waals surface area contributed by atoms with Gasteiger partial charge in [-0.15, -0.1) is 0 Å². The van der Waals surface area contributed by atoms with E-state index >= 15 is 0 Å². The highest BCUT2D eigenvalue weighted by atomic mass is 32.2. The minimum absolute atomic E-state index is 0.0129. The predicted molar refractivity (Wildman–Crippen MR) is 94.4 cm³/mol. The van der Waals surface area contributed by atoms with E-state index in [1.807, 2.05) is 0 Å². The maximum Gasteiger partial charge on any atom is 0.411 e. The topological polar surface area (TPSA) is 102 Å². The average molecular weight is 428 g/mol. The molecule has 0 unspecified atom stereocenters. The van der Waals surface area contributed by atoms with Crippen LogP contribution in [0.4, 0.5) is 13.2 Å². The SMILES string of the molecule is O=C1NC(=O)c2cc(S(=O)(=O)NCc3ccc(COCC(F)(F)F)cc3)ccc21. The van der Waals surface area contributed by atoms with Gasteiger partial charge in [0, 0.05) is 6.54 Å². The van der Waals surface area contributed by atoms with E-state index < -0.39 is 34.6 Å². The molecule has 3 rings (SSSR count). The maximum absolute atomic E-state index is 12.4. The zero-order chi connectivity index (χ0) is 21.2. The highest BCUT2D eigenvalue weighted by molar-refractivity contribution is 7.89. The molecule has 2 N–H and O–H groups in total. The Bertz CT molecular complexity index is 1050. The van der Waals surface area contributed by atoms with E-state index in [-0.39, 0.29) is 29.2 Å². The van der Waals surface area contributed by atoms with E-state index in [0.29, 0.717) is 11.1 Å². The van der Waals surface area contributed by atoms with Gasteiger partial charge in [-0.05, 0) is 29.3 Å². The zero-order valence-corrected chi connectivity index (χ0v) is 15.6. The molecule has 7 nitrogen and oxygen atoms in total. The minimum Gasteiger partial charge on any atom is -0.367 e. The number of hydrogen-bond donors (Lipinski definition) is 2. The molecule has 0 radical (unpaired) electrons. The van der Waals surface area contributed by atoms with Gasteiger partial charge in [-0.1, -0.05) is 24.3 Å². The number of sulfonamides is 1. The molecule has 0 aromatic heterocycles. The fourth-order valence-corrected chi connectivity index (χ4v) is 3.66. The third-order valence-corrected chi connectivity index (χ3v) is 5.44.